The number of amides is 1. The zero-order valence-corrected chi connectivity index (χ0v) is 18.8. The van der Waals surface area contributed by atoms with Gasteiger partial charge in [-0.3, -0.25) is 4.79 Å². The Morgan fingerprint density at radius 2 is 1.87 bits per heavy atom. The number of piperidine rings is 1. The Morgan fingerprint density at radius 1 is 1.13 bits per heavy atom. The summed E-state index contributed by atoms with van der Waals surface area (Å²) in [4.78, 5) is 20.2. The summed E-state index contributed by atoms with van der Waals surface area (Å²) in [6, 6.07) is 16.5. The Kier molecular flexibility index (Phi) is 7.53. The van der Waals surface area contributed by atoms with Crippen molar-refractivity contribution < 1.29 is 9.18 Å². The largest absolute Gasteiger partial charge is 0.355 e. The van der Waals surface area contributed by atoms with Gasteiger partial charge in [0.2, 0.25) is 11.0 Å². The molecule has 1 aromatic heterocycles. The van der Waals surface area contributed by atoms with Gasteiger partial charge >= 0.3 is 0 Å². The van der Waals surface area contributed by atoms with E-state index < -0.39 is 0 Å². The van der Waals surface area contributed by atoms with Crippen molar-refractivity contribution in [2.45, 2.75) is 24.2 Å². The van der Waals surface area contributed by atoms with E-state index >= 15 is 0 Å². The first-order chi connectivity index (χ1) is 15.2. The molecule has 1 fully saturated rings. The van der Waals surface area contributed by atoms with E-state index in [4.69, 9.17) is 0 Å². The summed E-state index contributed by atoms with van der Waals surface area (Å²) in [6.07, 6.45) is 2.66. The molecule has 0 atom stereocenters. The minimum Gasteiger partial charge on any atom is -0.355 e. The maximum Gasteiger partial charge on any atom is 0.230 e. The van der Waals surface area contributed by atoms with E-state index in [9.17, 15) is 9.18 Å². The first kappa shape index (κ1) is 21.8. The van der Waals surface area contributed by atoms with Gasteiger partial charge in [-0.05, 0) is 48.6 Å². The molecule has 2 aromatic carbocycles. The van der Waals surface area contributed by atoms with Gasteiger partial charge in [-0.25, -0.2) is 9.37 Å². The van der Waals surface area contributed by atoms with Crippen LogP contribution in [0.3, 0.4) is 0 Å². The number of halogens is 1. The third-order valence-corrected chi connectivity index (χ3v) is 7.15. The van der Waals surface area contributed by atoms with Gasteiger partial charge in [0.05, 0.1) is 5.75 Å². The van der Waals surface area contributed by atoms with E-state index in [0.29, 0.717) is 18.1 Å². The number of aromatic nitrogens is 2. The van der Waals surface area contributed by atoms with Gasteiger partial charge < -0.3 is 10.2 Å². The van der Waals surface area contributed by atoms with Crippen molar-refractivity contribution in [2.75, 3.05) is 30.3 Å². The number of benzene rings is 2. The Bertz CT molecular complexity index is 973. The number of rotatable bonds is 8. The predicted octanol–water partition coefficient (Wildman–Crippen LogP) is 4.39. The third-order valence-electron chi connectivity index (χ3n) is 5.32. The predicted molar refractivity (Wildman–Crippen MR) is 124 cm³/mol. The zero-order valence-electron chi connectivity index (χ0n) is 17.2. The van der Waals surface area contributed by atoms with E-state index in [2.05, 4.69) is 19.6 Å². The minimum atomic E-state index is -0.232. The van der Waals surface area contributed by atoms with Crippen molar-refractivity contribution in [3.05, 3.63) is 71.8 Å². The molecule has 0 bridgehead atoms. The fraction of sp³-hybridized carbons (Fsp3) is 0.348. The zero-order chi connectivity index (χ0) is 21.5. The monoisotopic (exact) mass is 456 g/mol. The molecule has 0 spiro atoms. The van der Waals surface area contributed by atoms with E-state index in [-0.39, 0.29) is 11.7 Å². The molecule has 5 nitrogen and oxygen atoms in total. The van der Waals surface area contributed by atoms with Crippen molar-refractivity contribution >= 4 is 34.3 Å². The molecule has 8 heteroatoms. The second-order valence-corrected chi connectivity index (χ2v) is 9.41. The van der Waals surface area contributed by atoms with E-state index in [1.807, 2.05) is 30.3 Å². The fourth-order valence-electron chi connectivity index (χ4n) is 3.53. The van der Waals surface area contributed by atoms with E-state index in [1.165, 1.54) is 23.7 Å². The molecule has 4 rings (SSSR count). The Labute approximate surface area is 190 Å². The number of hydrogen-bond donors (Lipinski definition) is 1. The van der Waals surface area contributed by atoms with Gasteiger partial charge in [0.15, 0.2) is 0 Å². The van der Waals surface area contributed by atoms with E-state index in [1.54, 1.807) is 23.9 Å². The Hall–Kier alpha value is -2.45. The highest BCUT2D eigenvalue weighted by Gasteiger charge is 2.22. The Morgan fingerprint density at radius 3 is 2.61 bits per heavy atom. The van der Waals surface area contributed by atoms with Crippen LogP contribution in [0.4, 0.5) is 9.52 Å². The SMILES string of the molecule is O=C(CSc1ccccc1)NCC1CCN(c2nc(Cc3ccc(F)cc3)ns2)CC1. The second kappa shape index (κ2) is 10.7. The van der Waals surface area contributed by atoms with Crippen molar-refractivity contribution in [2.24, 2.45) is 5.92 Å². The summed E-state index contributed by atoms with van der Waals surface area (Å²) in [5.41, 5.74) is 1.01. The topological polar surface area (TPSA) is 58.1 Å². The number of carbonyl (C=O) groups is 1. The van der Waals surface area contributed by atoms with Gasteiger partial charge in [-0.2, -0.15) is 4.37 Å². The van der Waals surface area contributed by atoms with Crippen LogP contribution in [0, 0.1) is 11.7 Å². The lowest BCUT2D eigenvalue weighted by molar-refractivity contribution is -0.118. The number of nitrogens with zero attached hydrogens (tertiary/aromatic N) is 3. The molecule has 0 aliphatic carbocycles. The summed E-state index contributed by atoms with van der Waals surface area (Å²) in [5.74, 6) is 1.57. The minimum absolute atomic E-state index is 0.0887. The van der Waals surface area contributed by atoms with Crippen molar-refractivity contribution in [1.82, 2.24) is 14.7 Å². The summed E-state index contributed by atoms with van der Waals surface area (Å²) in [6.45, 7) is 2.57. The highest BCUT2D eigenvalue weighted by molar-refractivity contribution is 8.00. The van der Waals surface area contributed by atoms with Crippen LogP contribution in [-0.4, -0.2) is 40.7 Å². The highest BCUT2D eigenvalue weighted by Crippen LogP contribution is 2.25. The second-order valence-electron chi connectivity index (χ2n) is 7.63. The molecule has 1 N–H and O–H groups in total. The molecule has 3 aromatic rings. The molecule has 0 radical (unpaired) electrons. The van der Waals surface area contributed by atoms with Gasteiger partial charge in [0.25, 0.3) is 0 Å². The van der Waals surface area contributed by atoms with Gasteiger partial charge in [0.1, 0.15) is 11.6 Å². The van der Waals surface area contributed by atoms with Gasteiger partial charge in [0, 0.05) is 42.5 Å². The van der Waals surface area contributed by atoms with Crippen LogP contribution in [0.5, 0.6) is 0 Å². The molecule has 1 aliphatic rings. The van der Waals surface area contributed by atoms with Crippen LogP contribution in [0.15, 0.2) is 59.5 Å². The van der Waals surface area contributed by atoms with Crippen LogP contribution in [0.1, 0.15) is 24.2 Å². The summed E-state index contributed by atoms with van der Waals surface area (Å²) in [5, 5.41) is 4.03. The molecule has 162 valence electrons. The number of carbonyl (C=O) groups excluding carboxylic acids is 1. The van der Waals surface area contributed by atoms with Crippen molar-refractivity contribution in [1.29, 1.82) is 0 Å². The van der Waals surface area contributed by atoms with Crippen LogP contribution in [0.2, 0.25) is 0 Å². The van der Waals surface area contributed by atoms with Crippen LogP contribution in [-0.2, 0) is 11.2 Å². The first-order valence-electron chi connectivity index (χ1n) is 10.4. The van der Waals surface area contributed by atoms with Crippen molar-refractivity contribution in [3.63, 3.8) is 0 Å². The number of anilines is 1. The Balaban J connectivity index is 1.18. The first-order valence-corrected chi connectivity index (χ1v) is 12.2. The molecule has 1 saturated heterocycles. The smallest absolute Gasteiger partial charge is 0.230 e. The maximum atomic E-state index is 13.1. The standard InChI is InChI=1S/C23H25FN4OS2/c24-19-8-6-17(7-9-19)14-21-26-23(31-27-21)28-12-10-18(11-13-28)15-25-22(29)16-30-20-4-2-1-3-5-20/h1-9,18H,10-16H2,(H,25,29). The van der Waals surface area contributed by atoms with Gasteiger partial charge in [-0.1, -0.05) is 30.3 Å². The molecule has 0 saturated carbocycles. The normalized spacial score (nSPS) is 14.5. The lowest BCUT2D eigenvalue weighted by Crippen LogP contribution is -2.39. The fourth-order valence-corrected chi connectivity index (χ4v) is 5.02. The highest BCUT2D eigenvalue weighted by atomic mass is 32.2. The summed E-state index contributed by atoms with van der Waals surface area (Å²) >= 11 is 2.98. The van der Waals surface area contributed by atoms with Crippen LogP contribution >= 0.6 is 23.3 Å². The number of nitrogens with one attached hydrogen (secondary N) is 1. The quantitative estimate of drug-likeness (QED) is 0.510. The maximum absolute atomic E-state index is 13.1. The van der Waals surface area contributed by atoms with Crippen LogP contribution in [0.25, 0.3) is 0 Å². The van der Waals surface area contributed by atoms with Gasteiger partial charge in [-0.15, -0.1) is 11.8 Å². The van der Waals surface area contributed by atoms with Crippen molar-refractivity contribution in [3.8, 4) is 0 Å². The summed E-state index contributed by atoms with van der Waals surface area (Å²) < 4.78 is 17.5. The lowest BCUT2D eigenvalue weighted by Gasteiger charge is -2.31. The molecule has 0 unspecified atom stereocenters. The number of thioether (sulfide) groups is 1. The molecule has 31 heavy (non-hydrogen) atoms. The number of hydrogen-bond acceptors (Lipinski definition) is 6. The third kappa shape index (κ3) is 6.51. The summed E-state index contributed by atoms with van der Waals surface area (Å²) in [7, 11) is 0. The molecule has 1 amide bonds. The molecular formula is C23H25FN4OS2. The molecular weight excluding hydrogens is 431 g/mol. The van der Waals surface area contributed by atoms with E-state index in [0.717, 1.165) is 53.9 Å². The molecule has 1 aliphatic heterocycles. The average Bonchev–Trinajstić information content (AvgIpc) is 3.27. The molecule has 2 heterocycles. The average molecular weight is 457 g/mol. The lowest BCUT2D eigenvalue weighted by atomic mass is 9.97. The van der Waals surface area contributed by atoms with Crippen LogP contribution < -0.4 is 10.2 Å².